The second kappa shape index (κ2) is 9.73. The molecule has 3 nitrogen and oxygen atoms in total. The van der Waals surface area contributed by atoms with Gasteiger partial charge in [0.25, 0.3) is 0 Å². The fourth-order valence-electron chi connectivity index (χ4n) is 2.93. The number of likely N-dealkylation sites (N-methyl/N-ethyl adjacent to an activating group) is 1. The van der Waals surface area contributed by atoms with Crippen molar-refractivity contribution in [2.75, 3.05) is 40.3 Å². The van der Waals surface area contributed by atoms with Crippen molar-refractivity contribution in [3.05, 3.63) is 0 Å². The fraction of sp³-hybridized carbons (Fsp3) is 1.00. The maximum Gasteiger partial charge on any atom is 0.0217 e. The van der Waals surface area contributed by atoms with Crippen molar-refractivity contribution in [1.29, 1.82) is 0 Å². The summed E-state index contributed by atoms with van der Waals surface area (Å²) >= 11 is 0. The van der Waals surface area contributed by atoms with Crippen molar-refractivity contribution < 1.29 is 0 Å². The molecule has 114 valence electrons. The van der Waals surface area contributed by atoms with Gasteiger partial charge in [0.05, 0.1) is 0 Å². The number of nitrogens with zero attached hydrogens (tertiary/aromatic N) is 2. The van der Waals surface area contributed by atoms with E-state index in [4.69, 9.17) is 0 Å². The van der Waals surface area contributed by atoms with Gasteiger partial charge in [-0.25, -0.2) is 0 Å². The van der Waals surface area contributed by atoms with Gasteiger partial charge in [0, 0.05) is 31.7 Å². The minimum atomic E-state index is 0.681. The molecule has 0 spiro atoms. The zero-order valence-corrected chi connectivity index (χ0v) is 13.6. The van der Waals surface area contributed by atoms with E-state index in [2.05, 4.69) is 43.1 Å². The number of unbranched alkanes of at least 4 members (excludes halogenated alkanes) is 2. The first-order valence-corrected chi connectivity index (χ1v) is 8.25. The Balaban J connectivity index is 2.08. The van der Waals surface area contributed by atoms with Crippen molar-refractivity contribution in [2.45, 2.75) is 64.5 Å². The van der Waals surface area contributed by atoms with Crippen LogP contribution in [0, 0.1) is 0 Å². The van der Waals surface area contributed by atoms with Crippen molar-refractivity contribution in [2.24, 2.45) is 0 Å². The second-order valence-corrected chi connectivity index (χ2v) is 6.41. The van der Waals surface area contributed by atoms with E-state index >= 15 is 0 Å². The summed E-state index contributed by atoms with van der Waals surface area (Å²) < 4.78 is 0. The van der Waals surface area contributed by atoms with E-state index < -0.39 is 0 Å². The van der Waals surface area contributed by atoms with Gasteiger partial charge in [-0.1, -0.05) is 26.2 Å². The molecule has 0 aromatic carbocycles. The van der Waals surface area contributed by atoms with Crippen molar-refractivity contribution in [3.8, 4) is 0 Å². The molecule has 0 radical (unpaired) electrons. The smallest absolute Gasteiger partial charge is 0.0217 e. The lowest BCUT2D eigenvalue weighted by atomic mass is 10.1. The van der Waals surface area contributed by atoms with Crippen LogP contribution >= 0.6 is 0 Å². The highest BCUT2D eigenvalue weighted by Gasteiger charge is 2.20. The predicted molar refractivity (Wildman–Crippen MR) is 84.8 cm³/mol. The Morgan fingerprint density at radius 1 is 1.32 bits per heavy atom. The molecule has 1 aliphatic heterocycles. The molecule has 1 N–H and O–H groups in total. The monoisotopic (exact) mass is 269 g/mol. The molecule has 0 aliphatic carbocycles. The predicted octanol–water partition coefficient (Wildman–Crippen LogP) is 2.57. The summed E-state index contributed by atoms with van der Waals surface area (Å²) in [5, 5.41) is 3.68. The summed E-state index contributed by atoms with van der Waals surface area (Å²) in [6, 6.07) is 1.44. The van der Waals surface area contributed by atoms with Crippen LogP contribution in [0.2, 0.25) is 0 Å². The topological polar surface area (TPSA) is 18.5 Å². The van der Waals surface area contributed by atoms with E-state index in [1.165, 1.54) is 58.2 Å². The van der Waals surface area contributed by atoms with Gasteiger partial charge in [-0.15, -0.1) is 0 Å². The quantitative estimate of drug-likeness (QED) is 0.649. The normalized spacial score (nSPS) is 22.9. The van der Waals surface area contributed by atoms with Crippen LogP contribution in [0.1, 0.15) is 52.4 Å². The van der Waals surface area contributed by atoms with Gasteiger partial charge in [-0.2, -0.15) is 0 Å². The zero-order valence-electron chi connectivity index (χ0n) is 13.6. The molecule has 0 aromatic rings. The summed E-state index contributed by atoms with van der Waals surface area (Å²) in [6.07, 6.45) is 8.12. The first-order valence-electron chi connectivity index (χ1n) is 8.25. The molecular formula is C16H35N3. The van der Waals surface area contributed by atoms with Crippen LogP contribution in [0.5, 0.6) is 0 Å². The summed E-state index contributed by atoms with van der Waals surface area (Å²) in [4.78, 5) is 5.01. The van der Waals surface area contributed by atoms with E-state index in [-0.39, 0.29) is 0 Å². The van der Waals surface area contributed by atoms with Crippen LogP contribution in [0.25, 0.3) is 0 Å². The van der Waals surface area contributed by atoms with Crippen molar-refractivity contribution in [1.82, 2.24) is 15.1 Å². The molecule has 0 saturated carbocycles. The maximum atomic E-state index is 3.68. The average molecular weight is 269 g/mol. The standard InChI is InChI=1S/C16H35N3/c1-5-6-7-9-15(2)17-11-13-19-12-8-10-16(14-19)18(3)4/h15-17H,5-14H2,1-4H3. The Bertz CT molecular complexity index is 218. The highest BCUT2D eigenvalue weighted by atomic mass is 15.2. The summed E-state index contributed by atoms with van der Waals surface area (Å²) in [6.45, 7) is 9.50. The summed E-state index contributed by atoms with van der Waals surface area (Å²) in [5.74, 6) is 0. The average Bonchev–Trinajstić information content (AvgIpc) is 2.39. The van der Waals surface area contributed by atoms with Crippen LogP contribution in [0.3, 0.4) is 0 Å². The molecule has 2 unspecified atom stereocenters. The van der Waals surface area contributed by atoms with Crippen LogP contribution < -0.4 is 5.32 Å². The molecule has 1 heterocycles. The first-order chi connectivity index (χ1) is 9.13. The van der Waals surface area contributed by atoms with E-state index in [0.717, 1.165) is 12.6 Å². The van der Waals surface area contributed by atoms with Gasteiger partial charge in [0.15, 0.2) is 0 Å². The number of hydrogen-bond donors (Lipinski definition) is 1. The lowest BCUT2D eigenvalue weighted by molar-refractivity contribution is 0.133. The van der Waals surface area contributed by atoms with E-state index in [9.17, 15) is 0 Å². The Morgan fingerprint density at radius 2 is 2.11 bits per heavy atom. The Morgan fingerprint density at radius 3 is 2.79 bits per heavy atom. The number of likely N-dealkylation sites (tertiary alicyclic amines) is 1. The third-order valence-corrected chi connectivity index (χ3v) is 4.37. The minimum Gasteiger partial charge on any atom is -0.313 e. The zero-order chi connectivity index (χ0) is 14.1. The first kappa shape index (κ1) is 16.9. The van der Waals surface area contributed by atoms with Crippen molar-refractivity contribution >= 4 is 0 Å². The number of piperidine rings is 1. The molecular weight excluding hydrogens is 234 g/mol. The second-order valence-electron chi connectivity index (χ2n) is 6.41. The molecule has 1 saturated heterocycles. The lowest BCUT2D eigenvalue weighted by Gasteiger charge is -2.36. The molecule has 0 amide bonds. The lowest BCUT2D eigenvalue weighted by Crippen LogP contribution is -2.47. The molecule has 1 rings (SSSR count). The van der Waals surface area contributed by atoms with Gasteiger partial charge in [-0.3, -0.25) is 0 Å². The van der Waals surface area contributed by atoms with Crippen LogP contribution in [-0.2, 0) is 0 Å². The Hall–Kier alpha value is -0.120. The summed E-state index contributed by atoms with van der Waals surface area (Å²) in [7, 11) is 4.42. The molecule has 19 heavy (non-hydrogen) atoms. The van der Waals surface area contributed by atoms with Gasteiger partial charge >= 0.3 is 0 Å². The summed E-state index contributed by atoms with van der Waals surface area (Å²) in [5.41, 5.74) is 0. The highest BCUT2D eigenvalue weighted by Crippen LogP contribution is 2.13. The van der Waals surface area contributed by atoms with E-state index in [1.54, 1.807) is 0 Å². The van der Waals surface area contributed by atoms with E-state index in [1.807, 2.05) is 0 Å². The number of nitrogens with one attached hydrogen (secondary N) is 1. The van der Waals surface area contributed by atoms with Gasteiger partial charge < -0.3 is 15.1 Å². The Kier molecular flexibility index (Phi) is 8.67. The van der Waals surface area contributed by atoms with Crippen LogP contribution in [0.15, 0.2) is 0 Å². The molecule has 3 heteroatoms. The SMILES string of the molecule is CCCCCC(C)NCCN1CCCC(N(C)C)C1. The van der Waals surface area contributed by atoms with E-state index in [0.29, 0.717) is 6.04 Å². The minimum absolute atomic E-state index is 0.681. The van der Waals surface area contributed by atoms with Gasteiger partial charge in [-0.05, 0) is 46.8 Å². The van der Waals surface area contributed by atoms with Crippen LogP contribution in [0.4, 0.5) is 0 Å². The molecule has 2 atom stereocenters. The van der Waals surface area contributed by atoms with Gasteiger partial charge in [0.1, 0.15) is 0 Å². The largest absolute Gasteiger partial charge is 0.313 e. The third kappa shape index (κ3) is 7.28. The Labute approximate surface area is 120 Å². The number of hydrogen-bond acceptors (Lipinski definition) is 3. The molecule has 0 bridgehead atoms. The molecule has 0 aromatic heterocycles. The van der Waals surface area contributed by atoms with Crippen LogP contribution in [-0.4, -0.2) is 62.2 Å². The maximum absolute atomic E-state index is 3.68. The van der Waals surface area contributed by atoms with Crippen molar-refractivity contribution in [3.63, 3.8) is 0 Å². The highest BCUT2D eigenvalue weighted by molar-refractivity contribution is 4.78. The molecule has 1 fully saturated rings. The third-order valence-electron chi connectivity index (χ3n) is 4.37. The fourth-order valence-corrected chi connectivity index (χ4v) is 2.93. The van der Waals surface area contributed by atoms with Gasteiger partial charge in [0.2, 0.25) is 0 Å². The molecule has 1 aliphatic rings. The number of rotatable bonds is 9.